The molecule has 0 aliphatic carbocycles. The van der Waals surface area contributed by atoms with E-state index in [1.165, 1.54) is 101 Å². The van der Waals surface area contributed by atoms with Crippen molar-refractivity contribution in [1.82, 2.24) is 4.57 Å². The number of nitrogens with zero attached hydrogens (tertiary/aromatic N) is 2. The van der Waals surface area contributed by atoms with Gasteiger partial charge < -0.3 is 24.0 Å². The lowest BCUT2D eigenvalue weighted by molar-refractivity contribution is -0.694. The van der Waals surface area contributed by atoms with E-state index in [0.29, 0.717) is 0 Å². The molecule has 0 atom stereocenters. The molecule has 170 valence electrons. The minimum Gasteiger partial charge on any atom is -1.00 e. The molecule has 1 heterocycles. The van der Waals surface area contributed by atoms with Crippen LogP contribution in [0.25, 0.3) is 0 Å². The Morgan fingerprint density at radius 2 is 1.20 bits per heavy atom. The third-order valence-corrected chi connectivity index (χ3v) is 6.21. The fourth-order valence-corrected chi connectivity index (χ4v) is 4.20. The van der Waals surface area contributed by atoms with Crippen LogP contribution in [0, 0.1) is 6.92 Å². The summed E-state index contributed by atoms with van der Waals surface area (Å²) in [6.07, 6.45) is 24.4. The van der Waals surface area contributed by atoms with E-state index in [4.69, 9.17) is 0 Å². The average molecular weight is 525 g/mol. The van der Waals surface area contributed by atoms with E-state index in [1.54, 1.807) is 0 Å². The fourth-order valence-electron chi connectivity index (χ4n) is 4.20. The maximum atomic E-state index is 2.42. The summed E-state index contributed by atoms with van der Waals surface area (Å²) in [6, 6.07) is 10.7. The molecule has 2 aromatic rings. The summed E-state index contributed by atoms with van der Waals surface area (Å²) in [6.45, 7) is 6.67. The molecule has 1 aromatic heterocycles. The number of unbranched alkanes of at least 4 members (excludes halogenated alkanes) is 13. The molecule has 0 aliphatic heterocycles. The van der Waals surface area contributed by atoms with E-state index in [2.05, 4.69) is 65.7 Å². The average Bonchev–Trinajstić information content (AvgIpc) is 3.08. The Bertz CT molecular complexity index is 636. The van der Waals surface area contributed by atoms with Crippen molar-refractivity contribution in [3.05, 3.63) is 54.1 Å². The summed E-state index contributed by atoms with van der Waals surface area (Å²) >= 11 is 0. The van der Waals surface area contributed by atoms with Gasteiger partial charge in [-0.15, -0.1) is 0 Å². The molecule has 0 saturated carbocycles. The molecule has 0 fully saturated rings. The fraction of sp³-hybridized carbons (Fsp3) is 0.667. The van der Waals surface area contributed by atoms with Crippen LogP contribution in [0.4, 0.5) is 0 Å². The van der Waals surface area contributed by atoms with Crippen molar-refractivity contribution in [1.29, 1.82) is 0 Å². The van der Waals surface area contributed by atoms with Crippen molar-refractivity contribution in [3.8, 4) is 0 Å². The summed E-state index contributed by atoms with van der Waals surface area (Å²) in [5, 5.41) is 0. The van der Waals surface area contributed by atoms with Gasteiger partial charge in [-0.1, -0.05) is 114 Å². The van der Waals surface area contributed by atoms with E-state index in [-0.39, 0.29) is 24.0 Å². The SMILES string of the molecule is CCCCCCCCCCCCCCCCn1cc[n+](Cc2ccccc2)c1C.[I-]. The minimum atomic E-state index is 0. The summed E-state index contributed by atoms with van der Waals surface area (Å²) < 4.78 is 4.78. The number of benzene rings is 1. The minimum absolute atomic E-state index is 0. The quantitative estimate of drug-likeness (QED) is 0.162. The number of rotatable bonds is 17. The highest BCUT2D eigenvalue weighted by molar-refractivity contribution is 5.13. The molecule has 30 heavy (non-hydrogen) atoms. The van der Waals surface area contributed by atoms with Crippen LogP contribution in [0.2, 0.25) is 0 Å². The molecule has 0 radical (unpaired) electrons. The van der Waals surface area contributed by atoms with E-state index >= 15 is 0 Å². The number of aromatic nitrogens is 2. The molecule has 0 saturated heterocycles. The molecule has 0 unspecified atom stereocenters. The van der Waals surface area contributed by atoms with E-state index < -0.39 is 0 Å². The van der Waals surface area contributed by atoms with Gasteiger partial charge in [0.2, 0.25) is 0 Å². The standard InChI is InChI=1S/C27H45N2.HI/c1-3-4-5-6-7-8-9-10-11-12-13-14-15-19-22-28-23-24-29(26(28)2)25-27-20-17-16-18-21-27;/h16-18,20-21,23-24H,3-15,19,22,25H2,1-2H3;1H/q+1;/p-1. The molecule has 1 aromatic carbocycles. The van der Waals surface area contributed by atoms with Crippen LogP contribution >= 0.6 is 0 Å². The van der Waals surface area contributed by atoms with Crippen molar-refractivity contribution in [2.75, 3.05) is 0 Å². The Morgan fingerprint density at radius 3 is 1.73 bits per heavy atom. The van der Waals surface area contributed by atoms with Gasteiger partial charge in [0, 0.05) is 6.92 Å². The zero-order chi connectivity index (χ0) is 20.6. The summed E-state index contributed by atoms with van der Waals surface area (Å²) in [5.74, 6) is 1.36. The third kappa shape index (κ3) is 11.5. The van der Waals surface area contributed by atoms with Crippen molar-refractivity contribution in [3.63, 3.8) is 0 Å². The maximum absolute atomic E-state index is 2.42. The van der Waals surface area contributed by atoms with Crippen molar-refractivity contribution >= 4 is 0 Å². The van der Waals surface area contributed by atoms with E-state index in [1.807, 2.05) is 0 Å². The normalized spacial score (nSPS) is 10.9. The van der Waals surface area contributed by atoms with Crippen LogP contribution in [-0.2, 0) is 13.1 Å². The second-order valence-corrected chi connectivity index (χ2v) is 8.75. The highest BCUT2D eigenvalue weighted by atomic mass is 127. The Hall–Kier alpha value is -0.840. The lowest BCUT2D eigenvalue weighted by Gasteiger charge is -2.04. The number of hydrogen-bond acceptors (Lipinski definition) is 0. The van der Waals surface area contributed by atoms with Crippen LogP contribution in [0.15, 0.2) is 42.7 Å². The molecule has 3 heteroatoms. The zero-order valence-electron chi connectivity index (χ0n) is 19.6. The molecule has 2 rings (SSSR count). The van der Waals surface area contributed by atoms with Gasteiger partial charge in [-0.3, -0.25) is 0 Å². The second-order valence-electron chi connectivity index (χ2n) is 8.75. The first-order chi connectivity index (χ1) is 14.3. The monoisotopic (exact) mass is 524 g/mol. The summed E-state index contributed by atoms with van der Waals surface area (Å²) in [4.78, 5) is 0. The van der Waals surface area contributed by atoms with Crippen molar-refractivity contribution in [2.45, 2.75) is 117 Å². The lowest BCUT2D eigenvalue weighted by Crippen LogP contribution is -3.00. The van der Waals surface area contributed by atoms with E-state index in [9.17, 15) is 0 Å². The van der Waals surface area contributed by atoms with Gasteiger partial charge in [0.25, 0.3) is 5.82 Å². The Balaban J connectivity index is 0.00000450. The first-order valence-corrected chi connectivity index (χ1v) is 12.4. The van der Waals surface area contributed by atoms with Gasteiger partial charge in [-0.2, -0.15) is 0 Å². The number of imidazole rings is 1. The maximum Gasteiger partial charge on any atom is 0.253 e. The van der Waals surface area contributed by atoms with Gasteiger partial charge in [0.15, 0.2) is 0 Å². The van der Waals surface area contributed by atoms with Gasteiger partial charge in [0.05, 0.1) is 6.54 Å². The van der Waals surface area contributed by atoms with Gasteiger partial charge >= 0.3 is 0 Å². The number of halogens is 1. The highest BCUT2D eigenvalue weighted by Crippen LogP contribution is 2.13. The van der Waals surface area contributed by atoms with Crippen LogP contribution < -0.4 is 28.5 Å². The van der Waals surface area contributed by atoms with Crippen molar-refractivity contribution in [2.24, 2.45) is 0 Å². The number of hydrogen-bond donors (Lipinski definition) is 0. The van der Waals surface area contributed by atoms with Crippen LogP contribution in [0.5, 0.6) is 0 Å². The second kappa shape index (κ2) is 17.8. The molecule has 0 bridgehead atoms. The van der Waals surface area contributed by atoms with Crippen LogP contribution in [0.1, 0.15) is 108 Å². The first kappa shape index (κ1) is 27.2. The Kier molecular flexibility index (Phi) is 16.1. The topological polar surface area (TPSA) is 8.81 Å². The van der Waals surface area contributed by atoms with Crippen LogP contribution in [-0.4, -0.2) is 4.57 Å². The molecule has 0 amide bonds. The predicted molar refractivity (Wildman–Crippen MR) is 125 cm³/mol. The molecular formula is C27H45IN2. The summed E-state index contributed by atoms with van der Waals surface area (Å²) in [7, 11) is 0. The Labute approximate surface area is 203 Å². The van der Waals surface area contributed by atoms with Gasteiger partial charge in [-0.25, -0.2) is 9.13 Å². The third-order valence-electron chi connectivity index (χ3n) is 6.21. The largest absolute Gasteiger partial charge is 1.00 e. The highest BCUT2D eigenvalue weighted by Gasteiger charge is 2.11. The Morgan fingerprint density at radius 1 is 0.700 bits per heavy atom. The molecule has 0 aliphatic rings. The van der Waals surface area contributed by atoms with Gasteiger partial charge in [0.1, 0.15) is 18.9 Å². The molecule has 0 spiro atoms. The van der Waals surface area contributed by atoms with Crippen LogP contribution in [0.3, 0.4) is 0 Å². The number of aryl methyl sites for hydroxylation is 1. The molecule has 0 N–H and O–H groups in total. The first-order valence-electron chi connectivity index (χ1n) is 12.4. The molecule has 2 nitrogen and oxygen atoms in total. The summed E-state index contributed by atoms with van der Waals surface area (Å²) in [5.41, 5.74) is 1.37. The van der Waals surface area contributed by atoms with Crippen molar-refractivity contribution < 1.29 is 28.5 Å². The van der Waals surface area contributed by atoms with E-state index in [0.717, 1.165) is 13.1 Å². The van der Waals surface area contributed by atoms with Gasteiger partial charge in [-0.05, 0) is 18.4 Å². The predicted octanol–water partition coefficient (Wildman–Crippen LogP) is 4.62. The molecular weight excluding hydrogens is 479 g/mol. The smallest absolute Gasteiger partial charge is 0.253 e. The lowest BCUT2D eigenvalue weighted by atomic mass is 10.0. The zero-order valence-corrected chi connectivity index (χ0v) is 21.8.